The number of halogens is 5. The Balaban J connectivity index is 1.63. The van der Waals surface area contributed by atoms with E-state index in [9.17, 15) is 22.4 Å². The SMILES string of the molecule is C[C@@H]1[C@H](Cc2cccc(-c3cccc(F)c3)c2F)N(C(=O)[C@H]2C[C@@H](F)C2)CC1(F)F. The third kappa shape index (κ3) is 3.70. The standard InChI is InChI=1S/C23H22F5NO/c1-13-20(29(12-23(13,27)28)22(30)16-9-18(25)10-16)11-15-5-3-7-19(21(15)26)14-4-2-6-17(24)8-14/h2-8,13,16,18,20H,9-12H2,1H3/t13-,16-,18+,20+/m1/s1. The molecule has 1 aliphatic carbocycles. The number of nitrogens with zero attached hydrogens (tertiary/aromatic N) is 1. The van der Waals surface area contributed by atoms with Crippen LogP contribution in [0.2, 0.25) is 0 Å². The number of hydrogen-bond donors (Lipinski definition) is 0. The number of amides is 1. The minimum atomic E-state index is -3.10. The Bertz CT molecular complexity index is 956. The molecule has 2 fully saturated rings. The summed E-state index contributed by atoms with van der Waals surface area (Å²) in [6, 6.07) is 9.16. The van der Waals surface area contributed by atoms with Crippen LogP contribution in [0.4, 0.5) is 22.0 Å². The van der Waals surface area contributed by atoms with Gasteiger partial charge >= 0.3 is 0 Å². The van der Waals surface area contributed by atoms with Gasteiger partial charge in [0.05, 0.1) is 6.54 Å². The first-order valence-electron chi connectivity index (χ1n) is 10.0. The van der Waals surface area contributed by atoms with E-state index >= 15 is 4.39 Å². The van der Waals surface area contributed by atoms with Gasteiger partial charge in [0, 0.05) is 23.4 Å². The van der Waals surface area contributed by atoms with Crippen molar-refractivity contribution in [2.24, 2.45) is 11.8 Å². The molecule has 2 aromatic carbocycles. The highest BCUT2D eigenvalue weighted by molar-refractivity contribution is 5.80. The van der Waals surface area contributed by atoms with Gasteiger partial charge in [-0.15, -0.1) is 0 Å². The zero-order valence-corrected chi connectivity index (χ0v) is 16.4. The lowest BCUT2D eigenvalue weighted by molar-refractivity contribution is -0.142. The molecule has 0 unspecified atom stereocenters. The summed E-state index contributed by atoms with van der Waals surface area (Å²) in [6.45, 7) is 0.612. The minimum Gasteiger partial charge on any atom is -0.333 e. The van der Waals surface area contributed by atoms with Crippen molar-refractivity contribution in [3.05, 3.63) is 59.7 Å². The minimum absolute atomic E-state index is 0.0470. The van der Waals surface area contributed by atoms with E-state index in [1.807, 2.05) is 0 Å². The van der Waals surface area contributed by atoms with E-state index in [0.29, 0.717) is 5.56 Å². The van der Waals surface area contributed by atoms with Gasteiger partial charge in [-0.2, -0.15) is 0 Å². The zero-order chi connectivity index (χ0) is 21.6. The lowest BCUT2D eigenvalue weighted by Crippen LogP contribution is -2.46. The molecule has 0 radical (unpaired) electrons. The molecule has 2 nitrogen and oxygen atoms in total. The van der Waals surface area contributed by atoms with Gasteiger partial charge in [0.1, 0.15) is 17.8 Å². The van der Waals surface area contributed by atoms with Crippen LogP contribution in [0.5, 0.6) is 0 Å². The molecule has 0 aromatic heterocycles. The predicted octanol–water partition coefficient (Wildman–Crippen LogP) is 5.40. The zero-order valence-electron chi connectivity index (χ0n) is 16.4. The Morgan fingerprint density at radius 3 is 2.50 bits per heavy atom. The van der Waals surface area contributed by atoms with Gasteiger partial charge in [0.15, 0.2) is 0 Å². The van der Waals surface area contributed by atoms with Crippen molar-refractivity contribution in [1.82, 2.24) is 4.90 Å². The fourth-order valence-corrected chi connectivity index (χ4v) is 4.39. The molecular weight excluding hydrogens is 401 g/mol. The van der Waals surface area contributed by atoms with Gasteiger partial charge in [-0.1, -0.05) is 37.3 Å². The maximum atomic E-state index is 15.2. The number of likely N-dealkylation sites (tertiary alicyclic amines) is 1. The summed E-state index contributed by atoms with van der Waals surface area (Å²) >= 11 is 0. The maximum Gasteiger partial charge on any atom is 0.269 e. The molecule has 0 spiro atoms. The predicted molar refractivity (Wildman–Crippen MR) is 103 cm³/mol. The summed E-state index contributed by atoms with van der Waals surface area (Å²) in [7, 11) is 0. The molecule has 160 valence electrons. The van der Waals surface area contributed by atoms with Crippen LogP contribution in [-0.2, 0) is 11.2 Å². The summed E-state index contributed by atoms with van der Waals surface area (Å²) in [5.74, 6) is -6.47. The Morgan fingerprint density at radius 2 is 1.83 bits per heavy atom. The van der Waals surface area contributed by atoms with Crippen LogP contribution in [0.25, 0.3) is 11.1 Å². The van der Waals surface area contributed by atoms with E-state index in [0.717, 1.165) is 4.90 Å². The number of carbonyl (C=O) groups is 1. The van der Waals surface area contributed by atoms with Crippen molar-refractivity contribution in [3.8, 4) is 11.1 Å². The van der Waals surface area contributed by atoms with Gasteiger partial charge in [0.25, 0.3) is 5.92 Å². The van der Waals surface area contributed by atoms with Crippen LogP contribution in [0.15, 0.2) is 42.5 Å². The number of benzene rings is 2. The van der Waals surface area contributed by atoms with Crippen LogP contribution >= 0.6 is 0 Å². The Kier molecular flexibility index (Phi) is 5.32. The second-order valence-electron chi connectivity index (χ2n) is 8.34. The van der Waals surface area contributed by atoms with Gasteiger partial charge in [-0.3, -0.25) is 4.79 Å². The monoisotopic (exact) mass is 423 g/mol. The maximum absolute atomic E-state index is 15.2. The first kappa shape index (κ1) is 20.8. The first-order chi connectivity index (χ1) is 14.2. The second kappa shape index (κ2) is 7.67. The van der Waals surface area contributed by atoms with Crippen LogP contribution in [0, 0.1) is 23.5 Å². The van der Waals surface area contributed by atoms with Crippen LogP contribution in [0.1, 0.15) is 25.3 Å². The molecule has 0 N–H and O–H groups in total. The Morgan fingerprint density at radius 1 is 1.13 bits per heavy atom. The number of alkyl halides is 3. The summed E-state index contributed by atoms with van der Waals surface area (Å²) in [5.41, 5.74) is 0.693. The molecule has 1 saturated carbocycles. The highest BCUT2D eigenvalue weighted by Gasteiger charge is 2.55. The molecule has 1 heterocycles. The normalized spacial score (nSPS) is 27.7. The second-order valence-corrected chi connectivity index (χ2v) is 8.34. The highest BCUT2D eigenvalue weighted by atomic mass is 19.3. The summed E-state index contributed by atoms with van der Waals surface area (Å²) in [4.78, 5) is 13.8. The van der Waals surface area contributed by atoms with Gasteiger partial charge in [-0.05, 0) is 42.5 Å². The van der Waals surface area contributed by atoms with Crippen molar-refractivity contribution < 1.29 is 26.7 Å². The summed E-state index contributed by atoms with van der Waals surface area (Å²) < 4.78 is 70.8. The third-order valence-electron chi connectivity index (χ3n) is 6.38. The molecule has 2 aromatic rings. The average Bonchev–Trinajstić information content (AvgIpc) is 2.90. The largest absolute Gasteiger partial charge is 0.333 e. The molecule has 4 rings (SSSR count). The van der Waals surface area contributed by atoms with E-state index in [4.69, 9.17) is 0 Å². The topological polar surface area (TPSA) is 20.3 Å². The van der Waals surface area contributed by atoms with Crippen molar-refractivity contribution in [1.29, 1.82) is 0 Å². The summed E-state index contributed by atoms with van der Waals surface area (Å²) in [5, 5.41) is 0. The molecule has 1 aliphatic heterocycles. The molecule has 7 heteroatoms. The van der Waals surface area contributed by atoms with Crippen LogP contribution in [0.3, 0.4) is 0 Å². The first-order valence-corrected chi connectivity index (χ1v) is 10.0. The number of carbonyl (C=O) groups excluding carboxylic acids is 1. The van der Waals surface area contributed by atoms with Gasteiger partial charge in [0.2, 0.25) is 5.91 Å². The Labute approximate surface area is 171 Å². The van der Waals surface area contributed by atoms with E-state index in [2.05, 4.69) is 0 Å². The van der Waals surface area contributed by atoms with Crippen molar-refractivity contribution in [2.45, 2.75) is 44.3 Å². The molecule has 30 heavy (non-hydrogen) atoms. The van der Waals surface area contributed by atoms with Crippen molar-refractivity contribution in [3.63, 3.8) is 0 Å². The lowest BCUT2D eigenvalue weighted by atomic mass is 9.82. The summed E-state index contributed by atoms with van der Waals surface area (Å²) in [6.07, 6.45) is -1.07. The van der Waals surface area contributed by atoms with Gasteiger partial charge < -0.3 is 4.90 Å². The van der Waals surface area contributed by atoms with Crippen molar-refractivity contribution in [2.75, 3.05) is 6.54 Å². The van der Waals surface area contributed by atoms with E-state index in [1.165, 1.54) is 37.3 Å². The molecular formula is C23H22F5NO. The van der Waals surface area contributed by atoms with E-state index in [-0.39, 0.29) is 30.4 Å². The quantitative estimate of drug-likeness (QED) is 0.603. The molecule has 2 atom stereocenters. The van der Waals surface area contributed by atoms with Crippen LogP contribution in [-0.4, -0.2) is 35.5 Å². The van der Waals surface area contributed by atoms with E-state index in [1.54, 1.807) is 12.1 Å². The lowest BCUT2D eigenvalue weighted by Gasteiger charge is -2.35. The van der Waals surface area contributed by atoms with Crippen LogP contribution < -0.4 is 0 Å². The molecule has 1 amide bonds. The smallest absolute Gasteiger partial charge is 0.269 e. The third-order valence-corrected chi connectivity index (χ3v) is 6.38. The molecule has 0 bridgehead atoms. The Hall–Kier alpha value is -2.44. The highest BCUT2D eigenvalue weighted by Crippen LogP contribution is 2.42. The number of hydrogen-bond acceptors (Lipinski definition) is 1. The van der Waals surface area contributed by atoms with Crippen molar-refractivity contribution >= 4 is 5.91 Å². The van der Waals surface area contributed by atoms with Gasteiger partial charge in [-0.25, -0.2) is 22.0 Å². The average molecular weight is 423 g/mol. The molecule has 1 saturated heterocycles. The fourth-order valence-electron chi connectivity index (χ4n) is 4.39. The number of rotatable bonds is 4. The fraction of sp³-hybridized carbons (Fsp3) is 0.435. The molecule has 2 aliphatic rings. The van der Waals surface area contributed by atoms with E-state index < -0.39 is 54.1 Å².